The summed E-state index contributed by atoms with van der Waals surface area (Å²) in [4.78, 5) is 11.8. The van der Waals surface area contributed by atoms with Crippen molar-refractivity contribution in [2.45, 2.75) is 6.04 Å². The van der Waals surface area contributed by atoms with E-state index in [-0.39, 0.29) is 5.69 Å². The van der Waals surface area contributed by atoms with Gasteiger partial charge in [-0.25, -0.2) is 0 Å². The molecule has 0 spiro atoms. The Morgan fingerprint density at radius 2 is 2.20 bits per heavy atom. The molecule has 0 aromatic heterocycles. The van der Waals surface area contributed by atoms with Crippen molar-refractivity contribution in [1.82, 2.24) is 4.90 Å². The third-order valence-corrected chi connectivity index (χ3v) is 2.04. The molecule has 1 aromatic carbocycles. The van der Waals surface area contributed by atoms with Gasteiger partial charge in [0.05, 0.1) is 11.0 Å². The molecule has 1 rings (SSSR count). The lowest BCUT2D eigenvalue weighted by molar-refractivity contribution is -0.384. The van der Waals surface area contributed by atoms with E-state index in [1.807, 2.05) is 0 Å². The van der Waals surface area contributed by atoms with Gasteiger partial charge in [0, 0.05) is 12.1 Å². The molecule has 0 amide bonds. The van der Waals surface area contributed by atoms with Gasteiger partial charge >= 0.3 is 0 Å². The molecule has 1 atom stereocenters. The first-order valence-electron chi connectivity index (χ1n) is 4.36. The van der Waals surface area contributed by atoms with Crippen molar-refractivity contribution < 1.29 is 4.92 Å². The van der Waals surface area contributed by atoms with Crippen LogP contribution < -0.4 is 0 Å². The summed E-state index contributed by atoms with van der Waals surface area (Å²) in [5, 5.41) is 19.5. The Labute approximate surface area is 87.7 Å². The summed E-state index contributed by atoms with van der Waals surface area (Å²) in [6, 6.07) is 7.76. The molecule has 0 aliphatic rings. The number of nitro benzene ring substituents is 1. The lowest BCUT2D eigenvalue weighted by Crippen LogP contribution is -2.18. The van der Waals surface area contributed by atoms with E-state index in [1.54, 1.807) is 31.1 Å². The van der Waals surface area contributed by atoms with Crippen LogP contribution in [0.15, 0.2) is 24.3 Å². The van der Waals surface area contributed by atoms with Crippen LogP contribution in [0.4, 0.5) is 5.69 Å². The normalized spacial score (nSPS) is 12.1. The van der Waals surface area contributed by atoms with Crippen molar-refractivity contribution in [3.8, 4) is 6.07 Å². The second-order valence-corrected chi connectivity index (χ2v) is 3.35. The van der Waals surface area contributed by atoms with Crippen LogP contribution in [0.3, 0.4) is 0 Å². The van der Waals surface area contributed by atoms with Gasteiger partial charge in [-0.1, -0.05) is 12.1 Å². The van der Waals surface area contributed by atoms with Crippen molar-refractivity contribution in [2.75, 3.05) is 14.1 Å². The van der Waals surface area contributed by atoms with Crippen molar-refractivity contribution in [3.63, 3.8) is 0 Å². The molecular formula is C10H11N3O2. The Morgan fingerprint density at radius 1 is 1.53 bits per heavy atom. The minimum Gasteiger partial charge on any atom is -0.291 e. The Morgan fingerprint density at radius 3 is 2.67 bits per heavy atom. The van der Waals surface area contributed by atoms with Gasteiger partial charge in [-0.2, -0.15) is 5.26 Å². The monoisotopic (exact) mass is 205 g/mol. The molecule has 15 heavy (non-hydrogen) atoms. The Balaban J connectivity index is 3.10. The van der Waals surface area contributed by atoms with Gasteiger partial charge in [0.25, 0.3) is 5.69 Å². The molecule has 1 aromatic rings. The molecule has 0 heterocycles. The maximum Gasteiger partial charge on any atom is 0.269 e. The number of rotatable bonds is 3. The SMILES string of the molecule is CN(C)C(C#N)c1cccc([N+](=O)[O-])c1. The number of hydrogen-bond acceptors (Lipinski definition) is 4. The maximum absolute atomic E-state index is 10.5. The van der Waals surface area contributed by atoms with Gasteiger partial charge in [0.2, 0.25) is 0 Å². The maximum atomic E-state index is 10.5. The van der Waals surface area contributed by atoms with Crippen molar-refractivity contribution in [1.29, 1.82) is 5.26 Å². The van der Waals surface area contributed by atoms with E-state index in [0.717, 1.165) is 0 Å². The lowest BCUT2D eigenvalue weighted by Gasteiger charge is -2.16. The van der Waals surface area contributed by atoms with Crippen LogP contribution in [0.25, 0.3) is 0 Å². The fraction of sp³-hybridized carbons (Fsp3) is 0.300. The highest BCUT2D eigenvalue weighted by Gasteiger charge is 2.15. The quantitative estimate of drug-likeness (QED) is 0.556. The van der Waals surface area contributed by atoms with Gasteiger partial charge in [-0.3, -0.25) is 15.0 Å². The fourth-order valence-corrected chi connectivity index (χ4v) is 1.30. The average Bonchev–Trinajstić information content (AvgIpc) is 2.18. The second kappa shape index (κ2) is 4.53. The molecular weight excluding hydrogens is 194 g/mol. The minimum atomic E-state index is -0.465. The van der Waals surface area contributed by atoms with Crippen LogP contribution in [0.5, 0.6) is 0 Å². The molecule has 0 aliphatic heterocycles. The highest BCUT2D eigenvalue weighted by atomic mass is 16.6. The van der Waals surface area contributed by atoms with E-state index in [9.17, 15) is 10.1 Å². The van der Waals surface area contributed by atoms with E-state index in [0.29, 0.717) is 5.56 Å². The number of hydrogen-bond donors (Lipinski definition) is 0. The summed E-state index contributed by atoms with van der Waals surface area (Å²) in [5.41, 5.74) is 0.645. The summed E-state index contributed by atoms with van der Waals surface area (Å²) in [6.45, 7) is 0. The number of nitriles is 1. The first-order valence-corrected chi connectivity index (χ1v) is 4.36. The smallest absolute Gasteiger partial charge is 0.269 e. The van der Waals surface area contributed by atoms with Crippen LogP contribution in [-0.4, -0.2) is 23.9 Å². The third kappa shape index (κ3) is 2.51. The van der Waals surface area contributed by atoms with Crippen LogP contribution in [0.2, 0.25) is 0 Å². The summed E-state index contributed by atoms with van der Waals surface area (Å²) < 4.78 is 0. The van der Waals surface area contributed by atoms with E-state index >= 15 is 0 Å². The largest absolute Gasteiger partial charge is 0.291 e. The third-order valence-electron chi connectivity index (χ3n) is 2.04. The Bertz CT molecular complexity index is 409. The highest BCUT2D eigenvalue weighted by molar-refractivity contribution is 5.37. The molecule has 0 fully saturated rings. The van der Waals surface area contributed by atoms with Crippen LogP contribution >= 0.6 is 0 Å². The molecule has 0 aliphatic carbocycles. The molecule has 0 N–H and O–H groups in total. The molecule has 1 unspecified atom stereocenters. The predicted octanol–water partition coefficient (Wildman–Crippen LogP) is 1.72. The average molecular weight is 205 g/mol. The van der Waals surface area contributed by atoms with Crippen LogP contribution in [-0.2, 0) is 0 Å². The van der Waals surface area contributed by atoms with Gasteiger partial charge < -0.3 is 0 Å². The lowest BCUT2D eigenvalue weighted by atomic mass is 10.1. The van der Waals surface area contributed by atoms with E-state index in [4.69, 9.17) is 5.26 Å². The van der Waals surface area contributed by atoms with Gasteiger partial charge in [0.1, 0.15) is 6.04 Å². The highest BCUT2D eigenvalue weighted by Crippen LogP contribution is 2.21. The number of non-ortho nitro benzene ring substituents is 1. The summed E-state index contributed by atoms with van der Waals surface area (Å²) in [6.07, 6.45) is 0. The molecule has 5 nitrogen and oxygen atoms in total. The van der Waals surface area contributed by atoms with Gasteiger partial charge in [-0.05, 0) is 19.7 Å². The topological polar surface area (TPSA) is 70.2 Å². The number of nitrogens with zero attached hydrogens (tertiary/aromatic N) is 3. The molecule has 0 bridgehead atoms. The minimum absolute atomic E-state index is 0.00889. The molecule has 5 heteroatoms. The Hall–Kier alpha value is -1.93. The first-order chi connectivity index (χ1) is 7.06. The molecule has 78 valence electrons. The van der Waals surface area contributed by atoms with Gasteiger partial charge in [-0.15, -0.1) is 0 Å². The van der Waals surface area contributed by atoms with Gasteiger partial charge in [0.15, 0.2) is 0 Å². The van der Waals surface area contributed by atoms with E-state index < -0.39 is 11.0 Å². The number of benzene rings is 1. The zero-order valence-electron chi connectivity index (χ0n) is 8.54. The first kappa shape index (κ1) is 11.1. The summed E-state index contributed by atoms with van der Waals surface area (Å²) >= 11 is 0. The number of nitro groups is 1. The summed E-state index contributed by atoms with van der Waals surface area (Å²) in [7, 11) is 3.51. The Kier molecular flexibility index (Phi) is 3.37. The van der Waals surface area contributed by atoms with Crippen LogP contribution in [0, 0.1) is 21.4 Å². The summed E-state index contributed by atoms with van der Waals surface area (Å²) in [5.74, 6) is 0. The molecule has 0 radical (unpaired) electrons. The molecule has 0 saturated heterocycles. The van der Waals surface area contributed by atoms with E-state index in [1.165, 1.54) is 12.1 Å². The van der Waals surface area contributed by atoms with Crippen molar-refractivity contribution in [3.05, 3.63) is 39.9 Å². The fourth-order valence-electron chi connectivity index (χ4n) is 1.30. The standard InChI is InChI=1S/C10H11N3O2/c1-12(2)10(7-11)8-4-3-5-9(6-8)13(14)15/h3-6,10H,1-2H3. The van der Waals surface area contributed by atoms with Crippen LogP contribution in [0.1, 0.15) is 11.6 Å². The predicted molar refractivity (Wildman–Crippen MR) is 55.1 cm³/mol. The zero-order chi connectivity index (χ0) is 11.4. The zero-order valence-corrected chi connectivity index (χ0v) is 8.54. The van der Waals surface area contributed by atoms with E-state index in [2.05, 4.69) is 6.07 Å². The van der Waals surface area contributed by atoms with Crippen molar-refractivity contribution >= 4 is 5.69 Å². The van der Waals surface area contributed by atoms with Crippen molar-refractivity contribution in [2.24, 2.45) is 0 Å². The molecule has 0 saturated carbocycles. The second-order valence-electron chi connectivity index (χ2n) is 3.35.